The van der Waals surface area contributed by atoms with E-state index in [1.807, 2.05) is 32.9 Å². The zero-order chi connectivity index (χ0) is 48.4. The van der Waals surface area contributed by atoms with Crippen molar-refractivity contribution >= 4 is 12.1 Å². The molecule has 15 nitrogen and oxygen atoms in total. The van der Waals surface area contributed by atoms with Gasteiger partial charge in [-0.1, -0.05) is 93.5 Å². The van der Waals surface area contributed by atoms with Crippen molar-refractivity contribution in [2.24, 2.45) is 22.9 Å². The van der Waals surface area contributed by atoms with Crippen LogP contribution in [0.2, 0.25) is 0 Å². The van der Waals surface area contributed by atoms with Crippen LogP contribution in [0.15, 0.2) is 77.1 Å². The number of amides is 1. The van der Waals surface area contributed by atoms with Gasteiger partial charge in [0.25, 0.3) is 0 Å². The largest absolute Gasteiger partial charge is 0.456 e. The van der Waals surface area contributed by atoms with Gasteiger partial charge in [0.1, 0.15) is 5.76 Å². The van der Waals surface area contributed by atoms with E-state index in [4.69, 9.17) is 34.0 Å². The Morgan fingerprint density at radius 1 is 1.00 bits per heavy atom. The van der Waals surface area contributed by atoms with E-state index in [9.17, 15) is 14.7 Å². The van der Waals surface area contributed by atoms with Gasteiger partial charge in [0.15, 0.2) is 11.9 Å². The Bertz CT molecular complexity index is 1920. The van der Waals surface area contributed by atoms with Crippen molar-refractivity contribution in [3.05, 3.63) is 93.6 Å². The molecule has 0 aromatic heterocycles. The van der Waals surface area contributed by atoms with Gasteiger partial charge in [0, 0.05) is 76.0 Å². The fourth-order valence-corrected chi connectivity index (χ4v) is 10.5. The molecule has 366 valence electrons. The lowest BCUT2D eigenvalue weighted by Crippen LogP contribution is -2.60. The van der Waals surface area contributed by atoms with Crippen LogP contribution in [0.4, 0.5) is 4.79 Å². The van der Waals surface area contributed by atoms with E-state index in [2.05, 4.69) is 96.5 Å². The Morgan fingerprint density at radius 2 is 1.62 bits per heavy atom. The second-order valence-electron chi connectivity index (χ2n) is 19.9. The number of carbonyl (C=O) groups excluding carboxylic acids is 2. The topological polar surface area (TPSA) is 177 Å². The van der Waals surface area contributed by atoms with Gasteiger partial charge in [-0.15, -0.1) is 0 Å². The molecule has 3 unspecified atom stereocenters. The van der Waals surface area contributed by atoms with Crippen molar-refractivity contribution in [1.82, 2.24) is 15.1 Å². The molecule has 0 radical (unpaired) electrons. The average molecular weight is 919 g/mol. The molecule has 0 aliphatic carbocycles. The van der Waals surface area contributed by atoms with Gasteiger partial charge in [-0.25, -0.2) is 9.59 Å². The molecule has 3 heterocycles. The number of benzene rings is 2. The summed E-state index contributed by atoms with van der Waals surface area (Å²) in [6.07, 6.45) is 0.241. The summed E-state index contributed by atoms with van der Waals surface area (Å²) in [7, 11) is 1.70. The van der Waals surface area contributed by atoms with Crippen molar-refractivity contribution in [3.8, 4) is 0 Å². The zero-order valence-corrected chi connectivity index (χ0v) is 41.6. The molecule has 12 atom stereocenters. The van der Waals surface area contributed by atoms with Gasteiger partial charge < -0.3 is 38.8 Å². The highest BCUT2D eigenvalue weighted by molar-refractivity contribution is 5.89. The van der Waals surface area contributed by atoms with Crippen molar-refractivity contribution in [3.63, 3.8) is 0 Å². The quantitative estimate of drug-likeness (QED) is 0.0337. The number of methoxy groups -OCH3 is 1. The third-order valence-corrected chi connectivity index (χ3v) is 14.0. The third-order valence-electron chi connectivity index (χ3n) is 14.0. The molecular weight excluding hydrogens is 841 g/mol. The first-order valence-electron chi connectivity index (χ1n) is 24.0. The lowest BCUT2D eigenvalue weighted by molar-refractivity contribution is -0.287. The van der Waals surface area contributed by atoms with E-state index >= 15 is 0 Å². The number of nitrogens with one attached hydrogen (secondary N) is 1. The number of hydrogen-bond acceptors (Lipinski definition) is 12. The van der Waals surface area contributed by atoms with E-state index in [0.717, 1.165) is 19.5 Å². The normalized spacial score (nSPS) is 27.5. The number of rotatable bonds is 24. The van der Waals surface area contributed by atoms with Gasteiger partial charge in [0.05, 0.1) is 35.5 Å². The van der Waals surface area contributed by atoms with E-state index < -0.39 is 59.5 Å². The highest BCUT2D eigenvalue weighted by atomic mass is 16.7. The van der Waals surface area contributed by atoms with E-state index in [1.54, 1.807) is 39.7 Å². The molecule has 2 aromatic rings. The maximum atomic E-state index is 13.4. The minimum atomic E-state index is -1.19. The number of esters is 1. The standard InChI is InChI=1S/C51H78N6O9/c1-13-42(58)51(11)44(57(48(60)66-51)27-21-20-26-54-55-52)38(7)53-30-33(2)29-50(10,61-12)45(36(5)43-37(6)46(59)65-49(8,9)64-43)63-47-35(4)41(28-34(3)62-47)56(31-39-22-16-14-17-23-39)32-40-24-18-15-19-25-40/h14-19,22-25,33-36,38,41-42,44-45,47,53,58H,13,20-21,26-32H2,1-12H3/t33-,34?,35?,36+,38-,41?,42-,44-,45-,47+,50-,51-/m1/s1. The zero-order valence-electron chi connectivity index (χ0n) is 41.6. The Kier molecular flexibility index (Phi) is 18.5. The van der Waals surface area contributed by atoms with Crippen LogP contribution in [-0.4, -0.2) is 113 Å². The summed E-state index contributed by atoms with van der Waals surface area (Å²) in [5.74, 6) is -1.67. The van der Waals surface area contributed by atoms with Crippen LogP contribution in [0.25, 0.3) is 10.4 Å². The number of unbranched alkanes of at least 4 members (excludes halogenated alkanes) is 1. The number of aliphatic hydroxyl groups excluding tert-OH is 1. The smallest absolute Gasteiger partial charge is 0.410 e. The number of cyclic esters (lactones) is 2. The average Bonchev–Trinajstić information content (AvgIpc) is 3.55. The first kappa shape index (κ1) is 52.8. The van der Waals surface area contributed by atoms with Gasteiger partial charge in [-0.3, -0.25) is 9.80 Å². The number of aliphatic hydroxyl groups is 1. The van der Waals surface area contributed by atoms with Crippen LogP contribution in [0.1, 0.15) is 119 Å². The van der Waals surface area contributed by atoms with Crippen LogP contribution in [0.3, 0.4) is 0 Å². The summed E-state index contributed by atoms with van der Waals surface area (Å²) >= 11 is 0. The molecule has 3 aliphatic heterocycles. The molecule has 66 heavy (non-hydrogen) atoms. The molecule has 5 rings (SSSR count). The molecule has 0 saturated carbocycles. The van der Waals surface area contributed by atoms with E-state index in [-0.39, 0.29) is 30.0 Å². The maximum absolute atomic E-state index is 13.4. The number of ether oxygens (including phenoxy) is 6. The fraction of sp³-hybridized carbons (Fsp3) is 0.686. The fourth-order valence-electron chi connectivity index (χ4n) is 10.5. The SMILES string of the molecule is CC[C@@H](O)[C@@]1(C)OC(=O)N(CCCCN=[N+]=[N-])[C@@H]1[C@@H](C)NC[C@H](C)C[C@@](C)(OC)[C@H](O[C@@H]1OC(C)CC(N(Cc2ccccc2)Cc2ccccc2)C1C)[C@@H](C)C1=C(C)C(=O)OC(C)(C)O1. The summed E-state index contributed by atoms with van der Waals surface area (Å²) in [5.41, 5.74) is 9.49. The molecule has 0 bridgehead atoms. The van der Waals surface area contributed by atoms with Crippen molar-refractivity contribution in [2.75, 3.05) is 26.7 Å². The molecule has 1 amide bonds. The molecule has 2 fully saturated rings. The highest BCUT2D eigenvalue weighted by Gasteiger charge is 2.56. The summed E-state index contributed by atoms with van der Waals surface area (Å²) in [5, 5.41) is 18.6. The van der Waals surface area contributed by atoms with Crippen LogP contribution < -0.4 is 5.32 Å². The maximum Gasteiger partial charge on any atom is 0.410 e. The highest BCUT2D eigenvalue weighted by Crippen LogP contribution is 2.42. The minimum Gasteiger partial charge on any atom is -0.456 e. The number of azide groups is 1. The van der Waals surface area contributed by atoms with Gasteiger partial charge >= 0.3 is 12.1 Å². The monoisotopic (exact) mass is 919 g/mol. The van der Waals surface area contributed by atoms with Gasteiger partial charge in [-0.05, 0) is 95.8 Å². The second kappa shape index (κ2) is 23.2. The summed E-state index contributed by atoms with van der Waals surface area (Å²) in [6, 6.07) is 20.5. The Labute approximate surface area is 393 Å². The second-order valence-corrected chi connectivity index (χ2v) is 19.9. The number of carbonyl (C=O) groups is 2. The van der Waals surface area contributed by atoms with Crippen LogP contribution >= 0.6 is 0 Å². The predicted molar refractivity (Wildman–Crippen MR) is 254 cm³/mol. The summed E-state index contributed by atoms with van der Waals surface area (Å²) in [6.45, 7) is 24.2. The van der Waals surface area contributed by atoms with Crippen LogP contribution in [0, 0.1) is 17.8 Å². The predicted octanol–water partition coefficient (Wildman–Crippen LogP) is 9.28. The Morgan fingerprint density at radius 3 is 2.20 bits per heavy atom. The summed E-state index contributed by atoms with van der Waals surface area (Å²) < 4.78 is 38.8. The molecule has 3 aliphatic rings. The molecule has 0 spiro atoms. The van der Waals surface area contributed by atoms with Crippen molar-refractivity contribution in [1.29, 1.82) is 0 Å². The first-order valence-corrected chi connectivity index (χ1v) is 24.0. The molecular formula is C51H78N6O9. The minimum absolute atomic E-state index is 0.000680. The van der Waals surface area contributed by atoms with Gasteiger partial charge in [-0.2, -0.15) is 0 Å². The Balaban J connectivity index is 1.43. The lowest BCUT2D eigenvalue weighted by Gasteiger charge is -2.49. The van der Waals surface area contributed by atoms with E-state index in [1.165, 1.54) is 11.1 Å². The summed E-state index contributed by atoms with van der Waals surface area (Å²) in [4.78, 5) is 33.8. The van der Waals surface area contributed by atoms with Crippen LogP contribution in [-0.2, 0) is 46.3 Å². The van der Waals surface area contributed by atoms with Crippen LogP contribution in [0.5, 0.6) is 0 Å². The molecule has 2 aromatic carbocycles. The van der Waals surface area contributed by atoms with Gasteiger partial charge in [0.2, 0.25) is 5.79 Å². The third kappa shape index (κ3) is 12.9. The molecule has 15 heteroatoms. The number of nitrogens with zero attached hydrogens (tertiary/aromatic N) is 5. The van der Waals surface area contributed by atoms with E-state index in [0.29, 0.717) is 56.6 Å². The number of hydrogen-bond donors (Lipinski definition) is 2. The van der Waals surface area contributed by atoms with Crippen molar-refractivity contribution in [2.45, 2.75) is 181 Å². The molecule has 2 saturated heterocycles. The Hall–Kier alpha value is -4.21. The first-order chi connectivity index (χ1) is 31.3. The lowest BCUT2D eigenvalue weighted by atomic mass is 9.80. The van der Waals surface area contributed by atoms with Crippen molar-refractivity contribution < 1.29 is 43.1 Å². The molecule has 2 N–H and O–H groups in total.